The molecule has 0 aliphatic carbocycles. The van der Waals surface area contributed by atoms with Gasteiger partial charge in [0.1, 0.15) is 18.3 Å². The fourth-order valence-electron chi connectivity index (χ4n) is 3.57. The molecule has 3 heterocycles. The lowest BCUT2D eigenvalue weighted by Gasteiger charge is -2.17. The van der Waals surface area contributed by atoms with Crippen LogP contribution in [0.5, 0.6) is 0 Å². The molecular weight excluding hydrogens is 388 g/mol. The van der Waals surface area contributed by atoms with Crippen LogP contribution >= 0.6 is 0 Å². The highest BCUT2D eigenvalue weighted by Gasteiger charge is 2.44. The van der Waals surface area contributed by atoms with Gasteiger partial charge in [0.15, 0.2) is 23.2 Å². The van der Waals surface area contributed by atoms with Gasteiger partial charge in [0.2, 0.25) is 5.95 Å². The second-order valence-electron chi connectivity index (χ2n) is 7.72. The molecule has 0 spiro atoms. The van der Waals surface area contributed by atoms with Crippen molar-refractivity contribution < 1.29 is 20.1 Å². The SMILES string of the molecule is CCCCCNc1nc(NCCCCC)c2ncn([C@@H]3O[C@H](CO)[C@@H](O)[C@H]3O)c2n1. The molecule has 5 N–H and O–H groups in total. The summed E-state index contributed by atoms with van der Waals surface area (Å²) in [5.74, 6) is 1.10. The van der Waals surface area contributed by atoms with Crippen molar-refractivity contribution >= 4 is 22.9 Å². The minimum Gasteiger partial charge on any atom is -0.394 e. The van der Waals surface area contributed by atoms with E-state index < -0.39 is 24.5 Å². The number of aliphatic hydroxyl groups is 3. The van der Waals surface area contributed by atoms with Gasteiger partial charge in [-0.3, -0.25) is 4.57 Å². The molecule has 10 nitrogen and oxygen atoms in total. The maximum Gasteiger partial charge on any atom is 0.226 e. The lowest BCUT2D eigenvalue weighted by Crippen LogP contribution is -2.33. The Morgan fingerprint density at radius 3 is 2.33 bits per heavy atom. The van der Waals surface area contributed by atoms with Crippen LogP contribution in [0.3, 0.4) is 0 Å². The van der Waals surface area contributed by atoms with Crippen LogP contribution in [0.25, 0.3) is 11.2 Å². The third-order valence-electron chi connectivity index (χ3n) is 5.35. The van der Waals surface area contributed by atoms with E-state index in [0.717, 1.165) is 51.6 Å². The number of nitrogens with one attached hydrogen (secondary N) is 2. The number of fused-ring (bicyclic) bond motifs is 1. The zero-order valence-electron chi connectivity index (χ0n) is 17.8. The number of aliphatic hydroxyl groups excluding tert-OH is 3. The van der Waals surface area contributed by atoms with Gasteiger partial charge < -0.3 is 30.7 Å². The maximum absolute atomic E-state index is 10.4. The van der Waals surface area contributed by atoms with Gasteiger partial charge in [-0.15, -0.1) is 0 Å². The lowest BCUT2D eigenvalue weighted by atomic mass is 10.1. The molecule has 0 unspecified atom stereocenters. The molecule has 0 amide bonds. The predicted octanol–water partition coefficient (Wildman–Crippen LogP) is 1.64. The van der Waals surface area contributed by atoms with E-state index in [1.54, 1.807) is 4.57 Å². The van der Waals surface area contributed by atoms with Crippen LogP contribution in [0.1, 0.15) is 58.6 Å². The van der Waals surface area contributed by atoms with Crippen LogP contribution in [0, 0.1) is 0 Å². The highest BCUT2D eigenvalue weighted by molar-refractivity contribution is 5.84. The monoisotopic (exact) mass is 422 g/mol. The molecule has 2 aromatic heterocycles. The lowest BCUT2D eigenvalue weighted by molar-refractivity contribution is -0.0511. The van der Waals surface area contributed by atoms with Crippen molar-refractivity contribution in [3.63, 3.8) is 0 Å². The zero-order valence-corrected chi connectivity index (χ0v) is 17.8. The summed E-state index contributed by atoms with van der Waals surface area (Å²) < 4.78 is 7.26. The molecule has 0 bridgehead atoms. The Morgan fingerprint density at radius 2 is 1.70 bits per heavy atom. The van der Waals surface area contributed by atoms with Gasteiger partial charge in [0, 0.05) is 13.1 Å². The van der Waals surface area contributed by atoms with Gasteiger partial charge in [0.25, 0.3) is 0 Å². The third-order valence-corrected chi connectivity index (χ3v) is 5.35. The summed E-state index contributed by atoms with van der Waals surface area (Å²) in [4.78, 5) is 13.6. The van der Waals surface area contributed by atoms with Crippen molar-refractivity contribution in [3.8, 4) is 0 Å². The number of aromatic nitrogens is 4. The van der Waals surface area contributed by atoms with Gasteiger partial charge in [-0.25, -0.2) is 4.98 Å². The first-order valence-corrected chi connectivity index (χ1v) is 10.9. The number of rotatable bonds is 12. The first-order chi connectivity index (χ1) is 14.6. The van der Waals surface area contributed by atoms with Crippen molar-refractivity contribution in [2.24, 2.45) is 0 Å². The van der Waals surface area contributed by atoms with Crippen LogP contribution in [0.2, 0.25) is 0 Å². The summed E-state index contributed by atoms with van der Waals surface area (Å²) in [6.07, 6.45) is 3.95. The fraction of sp³-hybridized carbons (Fsp3) is 0.750. The van der Waals surface area contributed by atoms with Crippen molar-refractivity contribution in [2.45, 2.75) is 76.9 Å². The van der Waals surface area contributed by atoms with Crippen LogP contribution in [-0.2, 0) is 4.74 Å². The number of imidazole rings is 1. The quantitative estimate of drug-likeness (QED) is 0.323. The molecule has 1 aliphatic heterocycles. The molecule has 30 heavy (non-hydrogen) atoms. The Morgan fingerprint density at radius 1 is 1.00 bits per heavy atom. The van der Waals surface area contributed by atoms with Crippen LogP contribution in [0.4, 0.5) is 11.8 Å². The minimum atomic E-state index is -1.20. The van der Waals surface area contributed by atoms with E-state index in [9.17, 15) is 15.3 Å². The average Bonchev–Trinajstić information content (AvgIpc) is 3.29. The second-order valence-corrected chi connectivity index (χ2v) is 7.72. The van der Waals surface area contributed by atoms with Gasteiger partial charge >= 0.3 is 0 Å². The molecule has 0 saturated carbocycles. The average molecular weight is 423 g/mol. The first kappa shape index (κ1) is 22.7. The van der Waals surface area contributed by atoms with E-state index in [0.29, 0.717) is 22.9 Å². The number of nitrogens with zero attached hydrogens (tertiary/aromatic N) is 4. The summed E-state index contributed by atoms with van der Waals surface area (Å²) in [7, 11) is 0. The van der Waals surface area contributed by atoms with Crippen LogP contribution < -0.4 is 10.6 Å². The summed E-state index contributed by atoms with van der Waals surface area (Å²) in [5, 5.41) is 36.5. The Balaban J connectivity index is 1.88. The van der Waals surface area contributed by atoms with Crippen molar-refractivity contribution in [1.29, 1.82) is 0 Å². The van der Waals surface area contributed by atoms with Crippen LogP contribution in [-0.4, -0.2) is 72.8 Å². The van der Waals surface area contributed by atoms with Crippen LogP contribution in [0.15, 0.2) is 6.33 Å². The van der Waals surface area contributed by atoms with Gasteiger partial charge in [-0.05, 0) is 12.8 Å². The second kappa shape index (κ2) is 10.9. The minimum absolute atomic E-state index is 0.384. The molecule has 4 atom stereocenters. The first-order valence-electron chi connectivity index (χ1n) is 10.9. The molecule has 168 valence electrons. The van der Waals surface area contributed by atoms with Crippen molar-refractivity contribution in [1.82, 2.24) is 19.5 Å². The van der Waals surface area contributed by atoms with E-state index in [1.165, 1.54) is 6.33 Å². The molecule has 2 aromatic rings. The van der Waals surface area contributed by atoms with Gasteiger partial charge in [-0.1, -0.05) is 39.5 Å². The Hall–Kier alpha value is -2.01. The smallest absolute Gasteiger partial charge is 0.226 e. The molecule has 1 fully saturated rings. The number of hydrogen-bond donors (Lipinski definition) is 5. The Labute approximate surface area is 176 Å². The van der Waals surface area contributed by atoms with E-state index in [4.69, 9.17) is 4.74 Å². The van der Waals surface area contributed by atoms with E-state index >= 15 is 0 Å². The summed E-state index contributed by atoms with van der Waals surface area (Å²) in [6.45, 7) is 5.46. The molecule has 1 aliphatic rings. The number of unbranched alkanes of at least 4 members (excludes halogenated alkanes) is 4. The van der Waals surface area contributed by atoms with E-state index in [-0.39, 0.29) is 6.61 Å². The zero-order chi connectivity index (χ0) is 21.5. The fourth-order valence-corrected chi connectivity index (χ4v) is 3.57. The Bertz CT molecular complexity index is 801. The number of anilines is 2. The number of hydrogen-bond acceptors (Lipinski definition) is 9. The topological polar surface area (TPSA) is 138 Å². The largest absolute Gasteiger partial charge is 0.394 e. The molecule has 0 aromatic carbocycles. The predicted molar refractivity (Wildman–Crippen MR) is 114 cm³/mol. The summed E-state index contributed by atoms with van der Waals surface area (Å²) >= 11 is 0. The van der Waals surface area contributed by atoms with Gasteiger partial charge in [0.05, 0.1) is 12.9 Å². The maximum atomic E-state index is 10.4. The molecule has 1 saturated heterocycles. The summed E-state index contributed by atoms with van der Waals surface area (Å²) in [5.41, 5.74) is 1.07. The Kier molecular flexibility index (Phi) is 8.20. The summed E-state index contributed by atoms with van der Waals surface area (Å²) in [6, 6.07) is 0. The molecule has 10 heteroatoms. The number of ether oxygens (including phenoxy) is 1. The molecule has 3 rings (SSSR count). The highest BCUT2D eigenvalue weighted by Crippen LogP contribution is 2.32. The molecular formula is C20H34N6O4. The van der Waals surface area contributed by atoms with Gasteiger partial charge in [-0.2, -0.15) is 9.97 Å². The van der Waals surface area contributed by atoms with E-state index in [2.05, 4.69) is 39.4 Å². The highest BCUT2D eigenvalue weighted by atomic mass is 16.6. The van der Waals surface area contributed by atoms with Crippen molar-refractivity contribution in [2.75, 3.05) is 30.3 Å². The van der Waals surface area contributed by atoms with E-state index in [1.807, 2.05) is 0 Å². The molecule has 0 radical (unpaired) electrons. The standard InChI is InChI=1S/C20H34N6O4/c1-3-5-7-9-21-17-14-18(25-20(24-17)22-10-8-6-4-2)26(12-23-14)19-16(29)15(28)13(11-27)30-19/h12-13,15-16,19,27-29H,3-11H2,1-2H3,(H2,21,22,24,25)/t13-,15-,16-,19-/m1/s1. The third kappa shape index (κ3) is 5.00. The van der Waals surface area contributed by atoms with Crippen molar-refractivity contribution in [3.05, 3.63) is 6.33 Å². The normalized spacial score (nSPS) is 23.9.